The molecule has 6 N–H and O–H groups in total. The van der Waals surface area contributed by atoms with E-state index in [1.54, 1.807) is 0 Å². The number of benzene rings is 1. The fourth-order valence-electron chi connectivity index (χ4n) is 3.90. The van der Waals surface area contributed by atoms with Gasteiger partial charge < -0.3 is 21.3 Å². The second-order valence-electron chi connectivity index (χ2n) is 8.37. The molecule has 1 atom stereocenters. The molecule has 33 heavy (non-hydrogen) atoms. The van der Waals surface area contributed by atoms with Gasteiger partial charge in [-0.05, 0) is 35.5 Å². The molecule has 0 heterocycles. The third-order valence-corrected chi connectivity index (χ3v) is 5.59. The lowest BCUT2D eigenvalue weighted by molar-refractivity contribution is -0.152. The highest BCUT2D eigenvalue weighted by molar-refractivity contribution is 6.03. The highest BCUT2D eigenvalue weighted by Crippen LogP contribution is 2.25. The van der Waals surface area contributed by atoms with E-state index in [1.165, 1.54) is 4.90 Å². The first-order valence-electron chi connectivity index (χ1n) is 11.3. The number of amides is 1. The number of nitrogens with two attached hydrogens (primary N) is 2. The van der Waals surface area contributed by atoms with Crippen molar-refractivity contribution in [1.82, 2.24) is 10.3 Å². The summed E-state index contributed by atoms with van der Waals surface area (Å²) in [5.74, 6) is 10.1. The number of hydrogen-bond donors (Lipinski definition) is 4. The average molecular weight is 454 g/mol. The first kappa shape index (κ1) is 25.9. The standard InChI is InChI=1S/C25H35N5O3/c1-4-5-13-22(31)30(23(17(2)3)25(32)33)16-18-9-8-10-19(15-14-18)20-11-6-7-12-21(20)24(28-26)29-27/h6-8,10-12,14-15,17,23H,4-5,9,13,16,26-27H2,1-3H3,(H,28,29)(H,32,33). The summed E-state index contributed by atoms with van der Waals surface area (Å²) in [4.78, 5) is 26.5. The SMILES string of the molecule is CCCCC(=O)N(CC1=CC=C(c2ccccc2/C(=N/N)NN)C=CC1)C(C(=O)O)C(C)C. The van der Waals surface area contributed by atoms with Crippen molar-refractivity contribution in [2.24, 2.45) is 22.7 Å². The van der Waals surface area contributed by atoms with E-state index < -0.39 is 12.0 Å². The molecule has 0 radical (unpaired) electrons. The molecule has 2 rings (SSSR count). The molecule has 1 aromatic rings. The van der Waals surface area contributed by atoms with Crippen LogP contribution in [0.25, 0.3) is 5.57 Å². The molecule has 0 saturated carbocycles. The van der Waals surface area contributed by atoms with E-state index in [0.717, 1.165) is 35.1 Å². The van der Waals surface area contributed by atoms with Gasteiger partial charge in [-0.3, -0.25) is 4.79 Å². The van der Waals surface area contributed by atoms with Crippen LogP contribution in [0.3, 0.4) is 0 Å². The number of nitrogens with one attached hydrogen (secondary N) is 1. The smallest absolute Gasteiger partial charge is 0.326 e. The summed E-state index contributed by atoms with van der Waals surface area (Å²) >= 11 is 0. The second-order valence-corrected chi connectivity index (χ2v) is 8.37. The van der Waals surface area contributed by atoms with Gasteiger partial charge in [0.05, 0.1) is 0 Å². The van der Waals surface area contributed by atoms with Crippen LogP contribution >= 0.6 is 0 Å². The van der Waals surface area contributed by atoms with E-state index in [4.69, 9.17) is 11.7 Å². The number of amidine groups is 1. The number of carbonyl (C=O) groups excluding carboxylic acids is 1. The van der Waals surface area contributed by atoms with Gasteiger partial charge >= 0.3 is 5.97 Å². The maximum Gasteiger partial charge on any atom is 0.326 e. The highest BCUT2D eigenvalue weighted by atomic mass is 16.4. The van der Waals surface area contributed by atoms with E-state index in [-0.39, 0.29) is 18.4 Å². The Morgan fingerprint density at radius 3 is 2.58 bits per heavy atom. The van der Waals surface area contributed by atoms with Gasteiger partial charge in [0, 0.05) is 18.5 Å². The van der Waals surface area contributed by atoms with Crippen molar-refractivity contribution < 1.29 is 14.7 Å². The topological polar surface area (TPSA) is 134 Å². The van der Waals surface area contributed by atoms with Crippen LogP contribution in [0, 0.1) is 5.92 Å². The van der Waals surface area contributed by atoms with Crippen molar-refractivity contribution >= 4 is 23.3 Å². The number of hydrazone groups is 1. The van der Waals surface area contributed by atoms with Crippen LogP contribution in [0.15, 0.2) is 59.2 Å². The summed E-state index contributed by atoms with van der Waals surface area (Å²) < 4.78 is 0. The molecule has 8 heteroatoms. The Hall–Kier alpha value is -3.39. The lowest BCUT2D eigenvalue weighted by atomic mass is 9.98. The lowest BCUT2D eigenvalue weighted by Crippen LogP contribution is -2.48. The number of allylic oxidation sites excluding steroid dienone is 5. The molecule has 1 aromatic carbocycles. The Morgan fingerprint density at radius 1 is 1.24 bits per heavy atom. The van der Waals surface area contributed by atoms with E-state index in [0.29, 0.717) is 18.7 Å². The maximum atomic E-state index is 12.9. The Balaban J connectivity index is 2.39. The van der Waals surface area contributed by atoms with Gasteiger partial charge in [0.25, 0.3) is 0 Å². The number of unbranched alkanes of at least 4 members (excludes halogenated alkanes) is 1. The number of carbonyl (C=O) groups is 2. The van der Waals surface area contributed by atoms with Crippen molar-refractivity contribution in [3.63, 3.8) is 0 Å². The van der Waals surface area contributed by atoms with E-state index >= 15 is 0 Å². The summed E-state index contributed by atoms with van der Waals surface area (Å²) in [5.41, 5.74) is 6.07. The summed E-state index contributed by atoms with van der Waals surface area (Å²) in [6.45, 7) is 5.94. The van der Waals surface area contributed by atoms with Crippen LogP contribution in [0.1, 0.15) is 57.6 Å². The molecule has 8 nitrogen and oxygen atoms in total. The maximum absolute atomic E-state index is 12.9. The van der Waals surface area contributed by atoms with Crippen LogP contribution in [-0.2, 0) is 9.59 Å². The van der Waals surface area contributed by atoms with Crippen molar-refractivity contribution in [2.75, 3.05) is 6.54 Å². The Kier molecular flexibility index (Phi) is 9.87. The number of nitrogens with zero attached hydrogens (tertiary/aromatic N) is 2. The Labute approximate surface area is 195 Å². The fraction of sp³-hybridized carbons (Fsp3) is 0.400. The van der Waals surface area contributed by atoms with Gasteiger partial charge in [0.15, 0.2) is 5.84 Å². The Bertz CT molecular complexity index is 963. The first-order valence-corrected chi connectivity index (χ1v) is 11.3. The van der Waals surface area contributed by atoms with Gasteiger partial charge in [-0.1, -0.05) is 75.8 Å². The summed E-state index contributed by atoms with van der Waals surface area (Å²) in [6, 6.07) is 6.75. The molecule has 0 aromatic heterocycles. The number of carboxylic acids is 1. The highest BCUT2D eigenvalue weighted by Gasteiger charge is 2.32. The van der Waals surface area contributed by atoms with Gasteiger partial charge in [0.2, 0.25) is 5.91 Å². The monoisotopic (exact) mass is 453 g/mol. The largest absolute Gasteiger partial charge is 0.480 e. The number of rotatable bonds is 10. The van der Waals surface area contributed by atoms with Crippen molar-refractivity contribution in [3.8, 4) is 0 Å². The van der Waals surface area contributed by atoms with E-state index in [1.807, 2.05) is 69.3 Å². The number of carboxylic acid groups (broad SMARTS) is 1. The molecule has 0 bridgehead atoms. The quantitative estimate of drug-likeness (QED) is 0.186. The molecular weight excluding hydrogens is 418 g/mol. The lowest BCUT2D eigenvalue weighted by Gasteiger charge is -2.32. The minimum absolute atomic E-state index is 0.126. The predicted molar refractivity (Wildman–Crippen MR) is 132 cm³/mol. The minimum Gasteiger partial charge on any atom is -0.480 e. The van der Waals surface area contributed by atoms with Crippen LogP contribution in [-0.4, -0.2) is 40.3 Å². The van der Waals surface area contributed by atoms with Crippen LogP contribution in [0.4, 0.5) is 0 Å². The average Bonchev–Trinajstić information content (AvgIpc) is 3.03. The van der Waals surface area contributed by atoms with Crippen molar-refractivity contribution in [3.05, 3.63) is 65.3 Å². The van der Waals surface area contributed by atoms with Crippen LogP contribution < -0.4 is 17.1 Å². The normalized spacial score (nSPS) is 14.9. The molecule has 1 unspecified atom stereocenters. The molecule has 0 fully saturated rings. The predicted octanol–water partition coefficient (Wildman–Crippen LogP) is 3.17. The molecule has 178 valence electrons. The van der Waals surface area contributed by atoms with Gasteiger partial charge in [0.1, 0.15) is 6.04 Å². The molecule has 1 aliphatic carbocycles. The zero-order valence-electron chi connectivity index (χ0n) is 19.6. The minimum atomic E-state index is -0.979. The van der Waals surface area contributed by atoms with Crippen LogP contribution in [0.2, 0.25) is 0 Å². The fourth-order valence-corrected chi connectivity index (χ4v) is 3.90. The van der Waals surface area contributed by atoms with Gasteiger partial charge in [-0.2, -0.15) is 5.10 Å². The third-order valence-electron chi connectivity index (χ3n) is 5.59. The van der Waals surface area contributed by atoms with Gasteiger partial charge in [-0.25, -0.2) is 10.6 Å². The Morgan fingerprint density at radius 2 is 1.97 bits per heavy atom. The molecule has 1 aliphatic rings. The van der Waals surface area contributed by atoms with Gasteiger partial charge in [-0.15, -0.1) is 0 Å². The molecule has 1 amide bonds. The second kappa shape index (κ2) is 12.6. The summed E-state index contributed by atoms with van der Waals surface area (Å²) in [7, 11) is 0. The first-order chi connectivity index (χ1) is 15.8. The molecule has 0 spiro atoms. The van der Waals surface area contributed by atoms with Crippen LogP contribution in [0.5, 0.6) is 0 Å². The zero-order chi connectivity index (χ0) is 24.4. The number of hydrogen-bond acceptors (Lipinski definition) is 5. The van der Waals surface area contributed by atoms with Crippen molar-refractivity contribution in [2.45, 2.75) is 52.5 Å². The summed E-state index contributed by atoms with van der Waals surface area (Å²) in [6.07, 6.45) is 10.5. The third kappa shape index (κ3) is 6.79. The number of hydrazine groups is 1. The molecular formula is C25H35N5O3. The zero-order valence-corrected chi connectivity index (χ0v) is 19.6. The van der Waals surface area contributed by atoms with E-state index in [9.17, 15) is 14.7 Å². The molecule has 0 saturated heterocycles. The van der Waals surface area contributed by atoms with Crippen molar-refractivity contribution in [1.29, 1.82) is 0 Å². The van der Waals surface area contributed by atoms with E-state index in [2.05, 4.69) is 10.5 Å². The number of aliphatic carboxylic acids is 1. The molecule has 0 aliphatic heterocycles. The summed E-state index contributed by atoms with van der Waals surface area (Å²) in [5, 5.41) is 13.5.